The number of aryl methyl sites for hydroxylation is 1. The van der Waals surface area contributed by atoms with Crippen LogP contribution in [-0.4, -0.2) is 53.0 Å². The first-order valence-electron chi connectivity index (χ1n) is 12.3. The molecule has 40 heavy (non-hydrogen) atoms. The van der Waals surface area contributed by atoms with Crippen LogP contribution in [0.5, 0.6) is 0 Å². The molecule has 1 N–H and O–H groups in total. The number of halogens is 7. The summed E-state index contributed by atoms with van der Waals surface area (Å²) in [5, 5.41) is 9.55. The van der Waals surface area contributed by atoms with Crippen molar-refractivity contribution in [3.05, 3.63) is 70.8 Å². The van der Waals surface area contributed by atoms with Gasteiger partial charge in [-0.05, 0) is 42.3 Å². The third-order valence-electron chi connectivity index (χ3n) is 7.63. The lowest BCUT2D eigenvalue weighted by molar-refractivity contribution is -0.149. The highest BCUT2D eigenvalue weighted by atomic mass is 19.4. The van der Waals surface area contributed by atoms with Crippen LogP contribution in [0.2, 0.25) is 0 Å². The highest BCUT2D eigenvalue weighted by Crippen LogP contribution is 2.48. The summed E-state index contributed by atoms with van der Waals surface area (Å²) in [4.78, 5) is 15.7. The number of rotatable bonds is 6. The molecule has 1 amide bonds. The molecule has 1 saturated heterocycles. The highest BCUT2D eigenvalue weighted by Gasteiger charge is 2.57. The first kappa shape index (κ1) is 27.9. The molecule has 7 nitrogen and oxygen atoms in total. The summed E-state index contributed by atoms with van der Waals surface area (Å²) in [6.45, 7) is 0.402. The van der Waals surface area contributed by atoms with Gasteiger partial charge in [-0.3, -0.25) is 4.79 Å². The Hall–Kier alpha value is -3.68. The number of hydrogen-bond acceptors (Lipinski definition) is 5. The topological polar surface area (TPSA) is 66.3 Å². The second kappa shape index (κ2) is 9.46. The Morgan fingerprint density at radius 1 is 1.07 bits per heavy atom. The normalized spacial score (nSPS) is 21.1. The van der Waals surface area contributed by atoms with Crippen LogP contribution in [0, 0.1) is 0 Å². The Bertz CT molecular complexity index is 1450. The molecule has 14 heteroatoms. The molecule has 0 bridgehead atoms. The third kappa shape index (κ3) is 4.38. The van der Waals surface area contributed by atoms with Gasteiger partial charge >= 0.3 is 12.1 Å². The van der Waals surface area contributed by atoms with Crippen LogP contribution < -0.4 is 15.1 Å². The summed E-state index contributed by atoms with van der Waals surface area (Å²) in [7, 11) is 2.68. The fourth-order valence-corrected chi connectivity index (χ4v) is 5.19. The maximum absolute atomic E-state index is 15.8. The smallest absolute Gasteiger partial charge is 0.367 e. The molecule has 0 radical (unpaired) electrons. The van der Waals surface area contributed by atoms with E-state index in [-0.39, 0.29) is 35.6 Å². The highest BCUT2D eigenvalue weighted by molar-refractivity contribution is 6.11. The van der Waals surface area contributed by atoms with Gasteiger partial charge in [-0.2, -0.15) is 22.0 Å². The fraction of sp³-hybridized carbons (Fsp3) is 0.423. The standard InChI is InChI=1S/C26H25F7N6O/c1-24(28,25(29,30)23-36-35-13-37(23)2)14-5-4-6-15(7-14)39-12-18-17(22(39)40)8-16(9-19(18)26(31,32)33)38(3)21-11-34-10-20(21)27/h4-9,13,20-21,34H,10-12H2,1-3H3/t20-,21+,24?/m1/s1. The summed E-state index contributed by atoms with van der Waals surface area (Å²) >= 11 is 0. The van der Waals surface area contributed by atoms with E-state index in [1.54, 1.807) is 0 Å². The van der Waals surface area contributed by atoms with Gasteiger partial charge in [0.15, 0.2) is 0 Å². The molecule has 5 rings (SSSR count). The van der Waals surface area contributed by atoms with Crippen LogP contribution in [-0.2, 0) is 31.4 Å². The second-order valence-corrected chi connectivity index (χ2v) is 10.2. The maximum Gasteiger partial charge on any atom is 0.416 e. The van der Waals surface area contributed by atoms with Gasteiger partial charge in [-0.1, -0.05) is 12.1 Å². The number of carbonyl (C=O) groups excluding carboxylic acids is 1. The molecule has 3 heterocycles. The number of benzene rings is 2. The van der Waals surface area contributed by atoms with Crippen molar-refractivity contribution in [1.82, 2.24) is 20.1 Å². The molecule has 2 aliphatic heterocycles. The van der Waals surface area contributed by atoms with Crippen molar-refractivity contribution in [1.29, 1.82) is 0 Å². The number of alkyl halides is 7. The largest absolute Gasteiger partial charge is 0.416 e. The van der Waals surface area contributed by atoms with E-state index in [0.29, 0.717) is 6.92 Å². The summed E-state index contributed by atoms with van der Waals surface area (Å²) in [6.07, 6.45) is -5.16. The molecule has 214 valence electrons. The van der Waals surface area contributed by atoms with Gasteiger partial charge in [-0.15, -0.1) is 10.2 Å². The molecular weight excluding hydrogens is 545 g/mol. The van der Waals surface area contributed by atoms with Gasteiger partial charge in [-0.25, -0.2) is 8.78 Å². The first-order chi connectivity index (χ1) is 18.6. The second-order valence-electron chi connectivity index (χ2n) is 10.2. The van der Waals surface area contributed by atoms with Crippen LogP contribution in [0.3, 0.4) is 0 Å². The van der Waals surface area contributed by atoms with E-state index in [1.807, 2.05) is 0 Å². The molecule has 3 aromatic rings. The summed E-state index contributed by atoms with van der Waals surface area (Å²) in [5.74, 6) is -5.89. The number of nitrogens with zero attached hydrogens (tertiary/aromatic N) is 5. The quantitative estimate of drug-likeness (QED) is 0.435. The predicted molar refractivity (Wildman–Crippen MR) is 132 cm³/mol. The average molecular weight is 571 g/mol. The molecule has 1 fully saturated rings. The molecule has 0 spiro atoms. The maximum atomic E-state index is 15.8. The van der Waals surface area contributed by atoms with Crippen molar-refractivity contribution in [3.8, 4) is 0 Å². The van der Waals surface area contributed by atoms with Gasteiger partial charge in [0.1, 0.15) is 12.5 Å². The minimum absolute atomic E-state index is 0.00558. The van der Waals surface area contributed by atoms with Crippen LogP contribution >= 0.6 is 0 Å². The van der Waals surface area contributed by atoms with E-state index in [2.05, 4.69) is 15.5 Å². The Balaban J connectivity index is 1.52. The fourth-order valence-electron chi connectivity index (χ4n) is 5.19. The van der Waals surface area contributed by atoms with E-state index in [4.69, 9.17) is 0 Å². The van der Waals surface area contributed by atoms with Crippen molar-refractivity contribution in [2.45, 2.75) is 43.4 Å². The Labute approximate surface area is 224 Å². The van der Waals surface area contributed by atoms with Crippen LogP contribution in [0.15, 0.2) is 42.7 Å². The number of amides is 1. The lowest BCUT2D eigenvalue weighted by Gasteiger charge is -2.30. The molecule has 2 aliphatic rings. The SMILES string of the molecule is CN(c1cc2c(c(C(F)(F)F)c1)CN(c1cccc(C(C)(F)C(F)(F)c3nncn3C)c1)C2=O)[C@H]1CNC[C@H]1F. The van der Waals surface area contributed by atoms with E-state index in [1.165, 1.54) is 37.2 Å². The summed E-state index contributed by atoms with van der Waals surface area (Å²) in [5.41, 5.74) is -5.52. The van der Waals surface area contributed by atoms with Gasteiger partial charge in [0, 0.05) is 44.1 Å². The number of carbonyl (C=O) groups is 1. The molecule has 0 aliphatic carbocycles. The minimum atomic E-state index is -4.84. The van der Waals surface area contributed by atoms with Crippen molar-refractivity contribution < 1.29 is 35.5 Å². The van der Waals surface area contributed by atoms with Gasteiger partial charge in [0.2, 0.25) is 11.5 Å². The molecule has 2 aromatic carbocycles. The number of likely N-dealkylation sites (N-methyl/N-ethyl adjacent to an activating group) is 1. The Morgan fingerprint density at radius 3 is 2.40 bits per heavy atom. The zero-order chi connectivity index (χ0) is 29.2. The van der Waals surface area contributed by atoms with E-state index < -0.39 is 59.4 Å². The van der Waals surface area contributed by atoms with Crippen LogP contribution in [0.25, 0.3) is 0 Å². The lowest BCUT2D eigenvalue weighted by Crippen LogP contribution is -2.39. The van der Waals surface area contributed by atoms with E-state index >= 15 is 13.2 Å². The number of fused-ring (bicyclic) bond motifs is 1. The van der Waals surface area contributed by atoms with Crippen molar-refractivity contribution >= 4 is 17.3 Å². The third-order valence-corrected chi connectivity index (χ3v) is 7.63. The lowest BCUT2D eigenvalue weighted by atomic mass is 9.90. The predicted octanol–water partition coefficient (Wildman–Crippen LogP) is 4.72. The van der Waals surface area contributed by atoms with Gasteiger partial charge in [0.05, 0.1) is 18.2 Å². The van der Waals surface area contributed by atoms with Crippen LogP contribution in [0.1, 0.15) is 39.8 Å². The number of hydrogen-bond donors (Lipinski definition) is 1. The average Bonchev–Trinajstić information content (AvgIpc) is 3.61. The minimum Gasteiger partial charge on any atom is -0.367 e. The van der Waals surface area contributed by atoms with E-state index in [9.17, 15) is 22.4 Å². The molecule has 1 aromatic heterocycles. The molecule has 0 saturated carbocycles. The first-order valence-corrected chi connectivity index (χ1v) is 12.3. The zero-order valence-corrected chi connectivity index (χ0v) is 21.6. The summed E-state index contributed by atoms with van der Waals surface area (Å²) in [6, 6.07) is 6.07. The number of anilines is 2. The Morgan fingerprint density at radius 2 is 1.80 bits per heavy atom. The number of nitrogens with one attached hydrogen (secondary N) is 1. The monoisotopic (exact) mass is 570 g/mol. The number of aromatic nitrogens is 3. The van der Waals surface area contributed by atoms with Crippen molar-refractivity contribution in [2.24, 2.45) is 7.05 Å². The van der Waals surface area contributed by atoms with Gasteiger partial charge in [0.25, 0.3) is 5.91 Å². The van der Waals surface area contributed by atoms with E-state index in [0.717, 1.165) is 34.0 Å². The van der Waals surface area contributed by atoms with Crippen molar-refractivity contribution in [3.63, 3.8) is 0 Å². The molecular formula is C26H25F7N6O. The van der Waals surface area contributed by atoms with Crippen molar-refractivity contribution in [2.75, 3.05) is 29.9 Å². The zero-order valence-electron chi connectivity index (χ0n) is 21.6. The van der Waals surface area contributed by atoms with Crippen LogP contribution in [0.4, 0.5) is 42.1 Å². The Kier molecular flexibility index (Phi) is 6.59. The molecule has 1 unspecified atom stereocenters. The van der Waals surface area contributed by atoms with Gasteiger partial charge < -0.3 is 19.7 Å². The summed E-state index contributed by atoms with van der Waals surface area (Å²) < 4.78 is 104. The molecule has 3 atom stereocenters.